The summed E-state index contributed by atoms with van der Waals surface area (Å²) in [6, 6.07) is 23.8. The molecule has 154 valence electrons. The fraction of sp³-hybridized carbons (Fsp3) is 0.240. The molecule has 0 aromatic heterocycles. The van der Waals surface area contributed by atoms with Gasteiger partial charge in [-0.05, 0) is 40.8 Å². The average Bonchev–Trinajstić information content (AvgIpc) is 3.24. The zero-order valence-corrected chi connectivity index (χ0v) is 18.2. The van der Waals surface area contributed by atoms with Crippen LogP contribution in [0.5, 0.6) is 0 Å². The summed E-state index contributed by atoms with van der Waals surface area (Å²) in [6.07, 6.45) is 0. The lowest BCUT2D eigenvalue weighted by Gasteiger charge is -2.19. The lowest BCUT2D eigenvalue weighted by Crippen LogP contribution is -2.13. The topological polar surface area (TPSA) is 55.7 Å². The van der Waals surface area contributed by atoms with E-state index in [2.05, 4.69) is 25.8 Å². The standard InChI is InChI=1S/C25H25NO3S/c1-25(2,3)19-13-15-20(16-14-19)30(27,28)23-12-8-7-11-21(23)24-26-22(17-29-24)18-9-5-4-6-10-18/h4-16,22H,17H2,1-3H3/t22-/m1/s1. The van der Waals surface area contributed by atoms with Crippen molar-refractivity contribution in [3.8, 4) is 0 Å². The maximum absolute atomic E-state index is 13.4. The Bertz CT molecular complexity index is 1180. The van der Waals surface area contributed by atoms with Gasteiger partial charge < -0.3 is 4.74 Å². The molecule has 0 fully saturated rings. The van der Waals surface area contributed by atoms with Crippen LogP contribution in [0.1, 0.15) is 43.5 Å². The van der Waals surface area contributed by atoms with Gasteiger partial charge >= 0.3 is 0 Å². The Labute approximate surface area is 178 Å². The Kier molecular flexibility index (Phi) is 5.24. The van der Waals surface area contributed by atoms with Crippen LogP contribution in [0.4, 0.5) is 0 Å². The molecule has 0 saturated carbocycles. The first-order valence-electron chi connectivity index (χ1n) is 9.97. The number of rotatable bonds is 4. The van der Waals surface area contributed by atoms with Gasteiger partial charge in [-0.15, -0.1) is 0 Å². The van der Waals surface area contributed by atoms with E-state index in [-0.39, 0.29) is 21.2 Å². The fourth-order valence-corrected chi connectivity index (χ4v) is 4.96. The highest BCUT2D eigenvalue weighted by atomic mass is 32.2. The van der Waals surface area contributed by atoms with Gasteiger partial charge in [0.1, 0.15) is 12.6 Å². The van der Waals surface area contributed by atoms with Gasteiger partial charge in [-0.25, -0.2) is 13.4 Å². The molecule has 5 heteroatoms. The minimum absolute atomic E-state index is 0.0426. The third kappa shape index (κ3) is 3.90. The first-order valence-corrected chi connectivity index (χ1v) is 11.5. The first-order chi connectivity index (χ1) is 14.3. The van der Waals surface area contributed by atoms with Gasteiger partial charge in [-0.3, -0.25) is 0 Å². The fourth-order valence-electron chi connectivity index (χ4n) is 3.51. The summed E-state index contributed by atoms with van der Waals surface area (Å²) >= 11 is 0. The van der Waals surface area contributed by atoms with Gasteiger partial charge in [0, 0.05) is 0 Å². The smallest absolute Gasteiger partial charge is 0.218 e. The number of hydrogen-bond donors (Lipinski definition) is 0. The van der Waals surface area contributed by atoms with E-state index in [9.17, 15) is 8.42 Å². The van der Waals surface area contributed by atoms with Crippen LogP contribution < -0.4 is 0 Å². The molecule has 0 bridgehead atoms. The minimum atomic E-state index is -3.71. The number of sulfone groups is 1. The van der Waals surface area contributed by atoms with Gasteiger partial charge in [0.2, 0.25) is 15.7 Å². The number of benzene rings is 3. The van der Waals surface area contributed by atoms with Gasteiger partial charge in [0.25, 0.3) is 0 Å². The van der Waals surface area contributed by atoms with E-state index in [1.807, 2.05) is 42.5 Å². The van der Waals surface area contributed by atoms with Crippen LogP contribution in [-0.4, -0.2) is 20.9 Å². The molecule has 0 aliphatic carbocycles. The molecule has 0 amide bonds. The molecule has 3 aromatic rings. The Morgan fingerprint density at radius 1 is 0.867 bits per heavy atom. The SMILES string of the molecule is CC(C)(C)c1ccc(S(=O)(=O)c2ccccc2C2=N[C@@H](c3ccccc3)CO2)cc1. The zero-order valence-electron chi connectivity index (χ0n) is 17.4. The Hall–Kier alpha value is -2.92. The Balaban J connectivity index is 1.71. The van der Waals surface area contributed by atoms with E-state index < -0.39 is 9.84 Å². The van der Waals surface area contributed by atoms with Crippen molar-refractivity contribution in [3.63, 3.8) is 0 Å². The van der Waals surface area contributed by atoms with Crippen LogP contribution >= 0.6 is 0 Å². The summed E-state index contributed by atoms with van der Waals surface area (Å²) in [4.78, 5) is 5.15. The second-order valence-electron chi connectivity index (χ2n) is 8.45. The van der Waals surface area contributed by atoms with Crippen molar-refractivity contribution in [1.82, 2.24) is 0 Å². The molecule has 0 saturated heterocycles. The van der Waals surface area contributed by atoms with Gasteiger partial charge in [0.15, 0.2) is 0 Å². The number of ether oxygens (including phenoxy) is 1. The van der Waals surface area contributed by atoms with Crippen LogP contribution in [0.25, 0.3) is 0 Å². The Morgan fingerprint density at radius 3 is 2.17 bits per heavy atom. The predicted molar refractivity (Wildman–Crippen MR) is 119 cm³/mol. The summed E-state index contributed by atoms with van der Waals surface area (Å²) < 4.78 is 32.7. The molecule has 1 heterocycles. The zero-order chi connectivity index (χ0) is 21.4. The lowest BCUT2D eigenvalue weighted by molar-refractivity contribution is 0.319. The van der Waals surface area contributed by atoms with E-state index in [1.54, 1.807) is 36.4 Å². The predicted octanol–water partition coefficient (Wildman–Crippen LogP) is 5.34. The van der Waals surface area contributed by atoms with Gasteiger partial charge in [-0.1, -0.05) is 75.4 Å². The van der Waals surface area contributed by atoms with E-state index in [1.165, 1.54) is 0 Å². The highest BCUT2D eigenvalue weighted by Crippen LogP contribution is 2.31. The second kappa shape index (κ2) is 7.73. The van der Waals surface area contributed by atoms with E-state index in [0.29, 0.717) is 18.1 Å². The van der Waals surface area contributed by atoms with E-state index in [4.69, 9.17) is 4.74 Å². The molecule has 0 N–H and O–H groups in total. The maximum Gasteiger partial charge on any atom is 0.218 e. The molecule has 0 spiro atoms. The van der Waals surface area contributed by atoms with Gasteiger partial charge in [-0.2, -0.15) is 0 Å². The van der Waals surface area contributed by atoms with Crippen molar-refractivity contribution >= 4 is 15.7 Å². The molecule has 1 atom stereocenters. The van der Waals surface area contributed by atoms with Crippen LogP contribution in [0.2, 0.25) is 0 Å². The largest absolute Gasteiger partial charge is 0.475 e. The third-order valence-electron chi connectivity index (χ3n) is 5.27. The molecule has 0 unspecified atom stereocenters. The van der Waals surface area contributed by atoms with Crippen molar-refractivity contribution in [2.45, 2.75) is 42.0 Å². The van der Waals surface area contributed by atoms with Crippen molar-refractivity contribution in [1.29, 1.82) is 0 Å². The first kappa shape index (κ1) is 20.4. The number of hydrogen-bond acceptors (Lipinski definition) is 4. The molecule has 4 rings (SSSR count). The van der Waals surface area contributed by atoms with Crippen molar-refractivity contribution in [3.05, 3.63) is 95.6 Å². The quantitative estimate of drug-likeness (QED) is 0.574. The molecular weight excluding hydrogens is 394 g/mol. The molecule has 4 nitrogen and oxygen atoms in total. The molecular formula is C25H25NO3S. The monoisotopic (exact) mass is 419 g/mol. The van der Waals surface area contributed by atoms with Crippen molar-refractivity contribution in [2.75, 3.05) is 6.61 Å². The van der Waals surface area contributed by atoms with Crippen LogP contribution in [-0.2, 0) is 20.0 Å². The lowest BCUT2D eigenvalue weighted by atomic mass is 9.87. The molecule has 3 aromatic carbocycles. The number of nitrogens with zero attached hydrogens (tertiary/aromatic N) is 1. The van der Waals surface area contributed by atoms with Crippen LogP contribution in [0.3, 0.4) is 0 Å². The highest BCUT2D eigenvalue weighted by Gasteiger charge is 2.28. The Morgan fingerprint density at radius 2 is 1.50 bits per heavy atom. The molecule has 30 heavy (non-hydrogen) atoms. The minimum Gasteiger partial charge on any atom is -0.475 e. The third-order valence-corrected chi connectivity index (χ3v) is 7.10. The number of aliphatic imine (C=N–C) groups is 1. The molecule has 0 radical (unpaired) electrons. The highest BCUT2D eigenvalue weighted by molar-refractivity contribution is 7.91. The normalized spacial score (nSPS) is 16.8. The van der Waals surface area contributed by atoms with Crippen molar-refractivity contribution < 1.29 is 13.2 Å². The average molecular weight is 420 g/mol. The summed E-state index contributed by atoms with van der Waals surface area (Å²) in [7, 11) is -3.71. The molecule has 1 aliphatic rings. The summed E-state index contributed by atoms with van der Waals surface area (Å²) in [5, 5.41) is 0. The van der Waals surface area contributed by atoms with E-state index in [0.717, 1.165) is 11.1 Å². The van der Waals surface area contributed by atoms with Gasteiger partial charge in [0.05, 0.1) is 15.4 Å². The van der Waals surface area contributed by atoms with Crippen LogP contribution in [0, 0.1) is 0 Å². The van der Waals surface area contributed by atoms with Crippen LogP contribution in [0.15, 0.2) is 93.6 Å². The molecule has 1 aliphatic heterocycles. The second-order valence-corrected chi connectivity index (χ2v) is 10.4. The van der Waals surface area contributed by atoms with E-state index >= 15 is 0 Å². The summed E-state index contributed by atoms with van der Waals surface area (Å²) in [5.74, 6) is 0.370. The van der Waals surface area contributed by atoms with Crippen molar-refractivity contribution in [2.24, 2.45) is 4.99 Å². The maximum atomic E-state index is 13.4. The summed E-state index contributed by atoms with van der Waals surface area (Å²) in [6.45, 7) is 6.70. The summed E-state index contributed by atoms with van der Waals surface area (Å²) in [5.41, 5.74) is 2.59.